The average molecular weight is 405 g/mol. The lowest BCUT2D eigenvalue weighted by Crippen LogP contribution is -2.45. The highest BCUT2D eigenvalue weighted by Gasteiger charge is 2.28. The lowest BCUT2D eigenvalue weighted by Gasteiger charge is -2.30. The monoisotopic (exact) mass is 404 g/mol. The number of amides is 2. The second-order valence-electron chi connectivity index (χ2n) is 7.85. The number of hydrogen-bond acceptors (Lipinski definition) is 5. The van der Waals surface area contributed by atoms with E-state index in [9.17, 15) is 9.59 Å². The Morgan fingerprint density at radius 3 is 2.52 bits per heavy atom. The summed E-state index contributed by atoms with van der Waals surface area (Å²) in [6, 6.07) is 9.27. The van der Waals surface area contributed by atoms with Crippen LogP contribution in [0.4, 0.5) is 4.79 Å². The topological polar surface area (TPSA) is 85.9 Å². The summed E-state index contributed by atoms with van der Waals surface area (Å²) in [5.74, 6) is 0.0165. The van der Waals surface area contributed by atoms with Crippen molar-refractivity contribution in [2.75, 3.05) is 6.61 Å². The Hall–Kier alpha value is -2.12. The van der Waals surface area contributed by atoms with E-state index in [0.29, 0.717) is 6.61 Å². The molecule has 1 aromatic rings. The average Bonchev–Trinajstić information content (AvgIpc) is 2.78. The molecule has 2 N–H and O–H groups in total. The first-order chi connectivity index (χ1) is 14.2. The lowest BCUT2D eigenvalue weighted by atomic mass is 9.82. The van der Waals surface area contributed by atoms with Crippen molar-refractivity contribution in [2.45, 2.75) is 76.7 Å². The lowest BCUT2D eigenvalue weighted by molar-refractivity contribution is -0.200. The third-order valence-electron chi connectivity index (χ3n) is 5.58. The van der Waals surface area contributed by atoms with Crippen LogP contribution in [0.2, 0.25) is 0 Å². The number of rotatable bonds is 8. The van der Waals surface area contributed by atoms with Gasteiger partial charge >= 0.3 is 6.09 Å². The van der Waals surface area contributed by atoms with Gasteiger partial charge in [-0.2, -0.15) is 0 Å². The molecule has 1 aliphatic heterocycles. The van der Waals surface area contributed by atoms with E-state index in [4.69, 9.17) is 14.3 Å². The molecular weight excluding hydrogens is 372 g/mol. The van der Waals surface area contributed by atoms with Gasteiger partial charge in [0.15, 0.2) is 6.29 Å². The summed E-state index contributed by atoms with van der Waals surface area (Å²) >= 11 is 0. The zero-order valence-corrected chi connectivity index (χ0v) is 16.9. The van der Waals surface area contributed by atoms with E-state index < -0.39 is 6.09 Å². The summed E-state index contributed by atoms with van der Waals surface area (Å²) in [4.78, 5) is 30.1. The van der Waals surface area contributed by atoms with Crippen LogP contribution in [-0.2, 0) is 25.7 Å². The highest BCUT2D eigenvalue weighted by atomic mass is 16.8. The van der Waals surface area contributed by atoms with Crippen molar-refractivity contribution >= 4 is 12.0 Å². The molecule has 2 atom stereocenters. The van der Waals surface area contributed by atoms with Gasteiger partial charge in [0.1, 0.15) is 6.61 Å². The molecule has 2 amide bonds. The van der Waals surface area contributed by atoms with Crippen molar-refractivity contribution in [2.24, 2.45) is 5.92 Å². The minimum atomic E-state index is -0.492. The van der Waals surface area contributed by atoms with Crippen LogP contribution in [0.5, 0.6) is 0 Å². The summed E-state index contributed by atoms with van der Waals surface area (Å²) in [7, 11) is 0. The second-order valence-corrected chi connectivity index (χ2v) is 7.85. The van der Waals surface area contributed by atoms with Crippen LogP contribution in [0.25, 0.3) is 0 Å². The quantitative estimate of drug-likeness (QED) is 0.643. The molecule has 0 bridgehead atoms. The van der Waals surface area contributed by atoms with Gasteiger partial charge in [0.25, 0.3) is 0 Å². The molecule has 1 saturated heterocycles. The number of carbonyl (C=O) groups is 2. The van der Waals surface area contributed by atoms with Crippen molar-refractivity contribution in [3.8, 4) is 0 Å². The Morgan fingerprint density at radius 1 is 1.03 bits per heavy atom. The number of hydroxylamine groups is 1. The molecule has 1 heterocycles. The maximum atomic E-state index is 12.4. The third-order valence-corrected chi connectivity index (χ3v) is 5.58. The largest absolute Gasteiger partial charge is 0.445 e. The van der Waals surface area contributed by atoms with E-state index in [-0.39, 0.29) is 37.2 Å². The molecule has 0 radical (unpaired) electrons. The molecule has 1 aliphatic carbocycles. The van der Waals surface area contributed by atoms with Crippen molar-refractivity contribution in [3.63, 3.8) is 0 Å². The summed E-state index contributed by atoms with van der Waals surface area (Å²) in [5.41, 5.74) is 3.42. The van der Waals surface area contributed by atoms with Gasteiger partial charge in [-0.3, -0.25) is 4.79 Å². The zero-order chi connectivity index (χ0) is 20.3. The molecule has 2 unspecified atom stereocenters. The standard InChI is InChI=1S/C22H32N2O5/c25-20(24-29-21-13-7-8-14-27-21)15-19(18-11-5-2-6-12-18)23-22(26)28-16-17-9-3-1-4-10-17/h1,3-4,9-10,18-19,21H,2,5-8,11-16H2,(H,23,26)(H,24,25). The smallest absolute Gasteiger partial charge is 0.407 e. The van der Waals surface area contributed by atoms with Crippen LogP contribution in [0.3, 0.4) is 0 Å². The van der Waals surface area contributed by atoms with E-state index in [2.05, 4.69) is 10.8 Å². The number of nitrogens with one attached hydrogen (secondary N) is 2. The number of ether oxygens (including phenoxy) is 2. The molecule has 7 heteroatoms. The van der Waals surface area contributed by atoms with Crippen LogP contribution >= 0.6 is 0 Å². The fourth-order valence-corrected chi connectivity index (χ4v) is 3.97. The molecular formula is C22H32N2O5. The Balaban J connectivity index is 1.48. The molecule has 7 nitrogen and oxygen atoms in total. The first kappa shape index (κ1) is 21.6. The van der Waals surface area contributed by atoms with E-state index in [0.717, 1.165) is 50.5 Å². The van der Waals surface area contributed by atoms with Gasteiger partial charge in [-0.25, -0.2) is 15.1 Å². The van der Waals surface area contributed by atoms with Crippen molar-refractivity contribution in [1.29, 1.82) is 0 Å². The zero-order valence-electron chi connectivity index (χ0n) is 16.9. The molecule has 29 heavy (non-hydrogen) atoms. The van der Waals surface area contributed by atoms with Crippen molar-refractivity contribution in [1.82, 2.24) is 10.8 Å². The third kappa shape index (κ3) is 7.66. The number of hydrogen-bond donors (Lipinski definition) is 2. The Labute approximate surface area is 172 Å². The fourth-order valence-electron chi connectivity index (χ4n) is 3.97. The SMILES string of the molecule is O=C(CC(NC(=O)OCc1ccccc1)C1CCCCC1)NOC1CCCCO1. The number of benzene rings is 1. The molecule has 1 aromatic carbocycles. The van der Waals surface area contributed by atoms with E-state index in [1.807, 2.05) is 30.3 Å². The van der Waals surface area contributed by atoms with E-state index >= 15 is 0 Å². The normalized spacial score (nSPS) is 21.2. The van der Waals surface area contributed by atoms with Crippen LogP contribution < -0.4 is 10.8 Å². The molecule has 160 valence electrons. The number of carbonyl (C=O) groups excluding carboxylic acids is 2. The summed E-state index contributed by atoms with van der Waals surface area (Å²) in [6.07, 6.45) is 7.56. The predicted molar refractivity (Wildman–Crippen MR) is 108 cm³/mol. The van der Waals surface area contributed by atoms with Crippen LogP contribution in [0.1, 0.15) is 63.4 Å². The summed E-state index contributed by atoms with van der Waals surface area (Å²) in [5, 5.41) is 2.92. The van der Waals surface area contributed by atoms with Gasteiger partial charge in [0.05, 0.1) is 0 Å². The molecule has 2 fully saturated rings. The van der Waals surface area contributed by atoms with Gasteiger partial charge in [0.2, 0.25) is 5.91 Å². The maximum absolute atomic E-state index is 12.4. The van der Waals surface area contributed by atoms with E-state index in [1.54, 1.807) is 0 Å². The molecule has 0 aromatic heterocycles. The van der Waals surface area contributed by atoms with Crippen molar-refractivity contribution < 1.29 is 23.9 Å². The van der Waals surface area contributed by atoms with Gasteiger partial charge in [0, 0.05) is 25.5 Å². The van der Waals surface area contributed by atoms with Gasteiger partial charge < -0.3 is 14.8 Å². The summed E-state index contributed by atoms with van der Waals surface area (Å²) in [6.45, 7) is 0.860. The second kappa shape index (κ2) is 11.8. The summed E-state index contributed by atoms with van der Waals surface area (Å²) < 4.78 is 10.8. The van der Waals surface area contributed by atoms with E-state index in [1.165, 1.54) is 6.42 Å². The maximum Gasteiger partial charge on any atom is 0.407 e. The highest BCUT2D eigenvalue weighted by Crippen LogP contribution is 2.28. The highest BCUT2D eigenvalue weighted by molar-refractivity contribution is 5.76. The molecule has 0 spiro atoms. The minimum Gasteiger partial charge on any atom is -0.445 e. The Kier molecular flexibility index (Phi) is 8.77. The number of alkyl carbamates (subject to hydrolysis) is 1. The minimum absolute atomic E-state index is 0.165. The van der Waals surface area contributed by atoms with Crippen LogP contribution in [0.15, 0.2) is 30.3 Å². The van der Waals surface area contributed by atoms with Gasteiger partial charge in [-0.15, -0.1) is 0 Å². The predicted octanol–water partition coefficient (Wildman–Crippen LogP) is 3.83. The van der Waals surface area contributed by atoms with Crippen molar-refractivity contribution in [3.05, 3.63) is 35.9 Å². The molecule has 3 rings (SSSR count). The van der Waals surface area contributed by atoms with Crippen LogP contribution in [0, 0.1) is 5.92 Å². The molecule has 1 saturated carbocycles. The van der Waals surface area contributed by atoms with Crippen LogP contribution in [-0.4, -0.2) is 30.9 Å². The van der Waals surface area contributed by atoms with Gasteiger partial charge in [-0.1, -0.05) is 49.6 Å². The first-order valence-electron chi connectivity index (χ1n) is 10.7. The Morgan fingerprint density at radius 2 is 1.79 bits per heavy atom. The Bertz CT molecular complexity index is 627. The first-order valence-corrected chi connectivity index (χ1v) is 10.7. The molecule has 2 aliphatic rings. The fraction of sp³-hybridized carbons (Fsp3) is 0.636. The van der Waals surface area contributed by atoms with Gasteiger partial charge in [-0.05, 0) is 37.2 Å².